The van der Waals surface area contributed by atoms with Crippen LogP contribution in [0.1, 0.15) is 61.9 Å². The van der Waals surface area contributed by atoms with Gasteiger partial charge < -0.3 is 10.2 Å². The van der Waals surface area contributed by atoms with Gasteiger partial charge in [-0.05, 0) is 24.3 Å². The fourth-order valence-corrected chi connectivity index (χ4v) is 3.09. The van der Waals surface area contributed by atoms with E-state index in [2.05, 4.69) is 10.2 Å². The minimum absolute atomic E-state index is 0.332. The Kier molecular flexibility index (Phi) is 4.65. The van der Waals surface area contributed by atoms with Crippen LogP contribution in [-0.4, -0.2) is 10.2 Å². The number of rotatable bonds is 4. The van der Waals surface area contributed by atoms with Gasteiger partial charge in [-0.2, -0.15) is 0 Å². The molecule has 1 aliphatic carbocycles. The van der Waals surface area contributed by atoms with Gasteiger partial charge in [0.15, 0.2) is 0 Å². The second kappa shape index (κ2) is 6.85. The summed E-state index contributed by atoms with van der Waals surface area (Å²) in [6, 6.07) is 9.55. The molecule has 1 fully saturated rings. The molecule has 2 aromatic rings. The van der Waals surface area contributed by atoms with Crippen molar-refractivity contribution in [2.24, 2.45) is 11.7 Å². The highest BCUT2D eigenvalue weighted by Gasteiger charge is 2.19. The molecule has 2 N–H and O–H groups in total. The van der Waals surface area contributed by atoms with E-state index in [1.54, 1.807) is 0 Å². The minimum atomic E-state index is -0.332. The summed E-state index contributed by atoms with van der Waals surface area (Å²) < 4.78 is 5.80. The molecule has 0 aliphatic heterocycles. The molecular formula is C17H23N3O. The molecule has 0 spiro atoms. The van der Waals surface area contributed by atoms with Crippen LogP contribution in [-0.2, 0) is 6.42 Å². The molecule has 0 saturated heterocycles. The maximum atomic E-state index is 6.19. The monoisotopic (exact) mass is 285 g/mol. The lowest BCUT2D eigenvalue weighted by Gasteiger charge is -2.10. The van der Waals surface area contributed by atoms with Crippen molar-refractivity contribution in [1.82, 2.24) is 10.2 Å². The lowest BCUT2D eigenvalue weighted by Crippen LogP contribution is -2.12. The van der Waals surface area contributed by atoms with Crippen LogP contribution in [0.2, 0.25) is 0 Å². The molecule has 1 atom stereocenters. The van der Waals surface area contributed by atoms with Crippen LogP contribution < -0.4 is 5.73 Å². The summed E-state index contributed by atoms with van der Waals surface area (Å²) in [5, 5.41) is 8.33. The molecule has 1 saturated carbocycles. The Morgan fingerprint density at radius 3 is 2.48 bits per heavy atom. The van der Waals surface area contributed by atoms with Crippen molar-refractivity contribution in [2.45, 2.75) is 51.0 Å². The van der Waals surface area contributed by atoms with Crippen molar-refractivity contribution in [3.05, 3.63) is 47.7 Å². The first-order chi connectivity index (χ1) is 10.3. The molecule has 21 heavy (non-hydrogen) atoms. The van der Waals surface area contributed by atoms with Crippen molar-refractivity contribution in [3.63, 3.8) is 0 Å². The summed E-state index contributed by atoms with van der Waals surface area (Å²) in [5.41, 5.74) is 7.19. The van der Waals surface area contributed by atoms with Crippen molar-refractivity contribution in [3.8, 4) is 0 Å². The molecule has 0 radical (unpaired) electrons. The number of benzene rings is 1. The largest absolute Gasteiger partial charge is 0.423 e. The second-order valence-electron chi connectivity index (χ2n) is 5.98. The highest BCUT2D eigenvalue weighted by Crippen LogP contribution is 2.26. The number of hydrogen-bond acceptors (Lipinski definition) is 4. The Balaban J connectivity index is 1.65. The SMILES string of the molecule is NC(c1ccccc1)c1nnc(CC2CCCCCC2)o1. The van der Waals surface area contributed by atoms with Gasteiger partial charge in [-0.15, -0.1) is 10.2 Å². The van der Waals surface area contributed by atoms with E-state index in [1.807, 2.05) is 30.3 Å². The molecule has 112 valence electrons. The van der Waals surface area contributed by atoms with Crippen molar-refractivity contribution >= 4 is 0 Å². The van der Waals surface area contributed by atoms with Gasteiger partial charge in [-0.25, -0.2) is 0 Å². The maximum Gasteiger partial charge on any atom is 0.237 e. The van der Waals surface area contributed by atoms with Crippen LogP contribution >= 0.6 is 0 Å². The molecule has 0 amide bonds. The van der Waals surface area contributed by atoms with Crippen LogP contribution in [0.15, 0.2) is 34.7 Å². The number of aromatic nitrogens is 2. The van der Waals surface area contributed by atoms with E-state index >= 15 is 0 Å². The zero-order chi connectivity index (χ0) is 14.5. The molecule has 1 aromatic heterocycles. The van der Waals surface area contributed by atoms with Crippen molar-refractivity contribution in [1.29, 1.82) is 0 Å². The molecule has 4 nitrogen and oxygen atoms in total. The Labute approximate surface area is 125 Å². The van der Waals surface area contributed by atoms with Crippen LogP contribution in [0, 0.1) is 5.92 Å². The highest BCUT2D eigenvalue weighted by atomic mass is 16.4. The van der Waals surface area contributed by atoms with Gasteiger partial charge >= 0.3 is 0 Å². The average molecular weight is 285 g/mol. The van der Waals surface area contributed by atoms with E-state index in [0.717, 1.165) is 17.9 Å². The van der Waals surface area contributed by atoms with Crippen LogP contribution in [0.4, 0.5) is 0 Å². The standard InChI is InChI=1S/C17H23N3O/c18-16(14-10-6-3-7-11-14)17-20-19-15(21-17)12-13-8-4-1-2-5-9-13/h3,6-7,10-11,13,16H,1-2,4-5,8-9,12,18H2. The number of nitrogens with two attached hydrogens (primary N) is 1. The molecule has 1 aromatic carbocycles. The van der Waals surface area contributed by atoms with E-state index in [4.69, 9.17) is 10.2 Å². The third-order valence-electron chi connectivity index (χ3n) is 4.35. The summed E-state index contributed by atoms with van der Waals surface area (Å²) in [6.07, 6.45) is 8.85. The van der Waals surface area contributed by atoms with Gasteiger partial charge in [0, 0.05) is 6.42 Å². The Morgan fingerprint density at radius 1 is 1.05 bits per heavy atom. The molecule has 4 heteroatoms. The molecule has 1 heterocycles. The normalized spacial score (nSPS) is 18.3. The molecule has 1 aliphatic rings. The topological polar surface area (TPSA) is 64.9 Å². The average Bonchev–Trinajstić information content (AvgIpc) is 2.83. The zero-order valence-corrected chi connectivity index (χ0v) is 12.4. The van der Waals surface area contributed by atoms with Gasteiger partial charge in [0.25, 0.3) is 0 Å². The first-order valence-electron chi connectivity index (χ1n) is 7.96. The Bertz CT molecular complexity index is 544. The highest BCUT2D eigenvalue weighted by molar-refractivity contribution is 5.22. The summed E-state index contributed by atoms with van der Waals surface area (Å²) in [7, 11) is 0. The van der Waals surface area contributed by atoms with Gasteiger partial charge in [-0.3, -0.25) is 0 Å². The van der Waals surface area contributed by atoms with E-state index in [1.165, 1.54) is 38.5 Å². The smallest absolute Gasteiger partial charge is 0.237 e. The zero-order valence-electron chi connectivity index (χ0n) is 12.4. The van der Waals surface area contributed by atoms with Gasteiger partial charge in [0.2, 0.25) is 11.8 Å². The van der Waals surface area contributed by atoms with Crippen LogP contribution in [0.25, 0.3) is 0 Å². The second-order valence-corrected chi connectivity index (χ2v) is 5.98. The third kappa shape index (κ3) is 3.70. The first kappa shape index (κ1) is 14.3. The van der Waals surface area contributed by atoms with E-state index in [9.17, 15) is 0 Å². The number of nitrogens with zero attached hydrogens (tertiary/aromatic N) is 2. The lowest BCUT2D eigenvalue weighted by atomic mass is 9.97. The predicted molar refractivity (Wildman–Crippen MR) is 81.7 cm³/mol. The van der Waals surface area contributed by atoms with Gasteiger partial charge in [-0.1, -0.05) is 56.0 Å². The molecule has 0 bridgehead atoms. The van der Waals surface area contributed by atoms with Crippen molar-refractivity contribution < 1.29 is 4.42 Å². The lowest BCUT2D eigenvalue weighted by molar-refractivity contribution is 0.374. The van der Waals surface area contributed by atoms with Gasteiger partial charge in [0.1, 0.15) is 6.04 Å². The fourth-order valence-electron chi connectivity index (χ4n) is 3.09. The number of hydrogen-bond donors (Lipinski definition) is 1. The fraction of sp³-hybridized carbons (Fsp3) is 0.529. The Morgan fingerprint density at radius 2 is 1.76 bits per heavy atom. The van der Waals surface area contributed by atoms with E-state index in [0.29, 0.717) is 11.8 Å². The van der Waals surface area contributed by atoms with Crippen molar-refractivity contribution in [2.75, 3.05) is 0 Å². The summed E-state index contributed by atoms with van der Waals surface area (Å²) in [4.78, 5) is 0. The Hall–Kier alpha value is -1.68. The van der Waals surface area contributed by atoms with Crippen LogP contribution in [0.3, 0.4) is 0 Å². The molecular weight excluding hydrogens is 262 g/mol. The maximum absolute atomic E-state index is 6.19. The quantitative estimate of drug-likeness (QED) is 0.871. The van der Waals surface area contributed by atoms with E-state index in [-0.39, 0.29) is 6.04 Å². The molecule has 1 unspecified atom stereocenters. The summed E-state index contributed by atoms with van der Waals surface area (Å²) in [5.74, 6) is 1.95. The first-order valence-corrected chi connectivity index (χ1v) is 7.96. The van der Waals surface area contributed by atoms with Crippen LogP contribution in [0.5, 0.6) is 0 Å². The summed E-state index contributed by atoms with van der Waals surface area (Å²) >= 11 is 0. The predicted octanol–water partition coefficient (Wildman–Crippen LogP) is 3.63. The molecule has 3 rings (SSSR count). The van der Waals surface area contributed by atoms with E-state index < -0.39 is 0 Å². The third-order valence-corrected chi connectivity index (χ3v) is 4.35. The minimum Gasteiger partial charge on any atom is -0.423 e. The summed E-state index contributed by atoms with van der Waals surface area (Å²) in [6.45, 7) is 0. The van der Waals surface area contributed by atoms with Gasteiger partial charge in [0.05, 0.1) is 0 Å².